The first-order chi connectivity index (χ1) is 18.1. The number of aromatic nitrogens is 1. The van der Waals surface area contributed by atoms with Crippen LogP contribution in [0.25, 0.3) is 0 Å². The molecule has 2 saturated heterocycles. The number of ether oxygens (including phenoxy) is 2. The van der Waals surface area contributed by atoms with Crippen molar-refractivity contribution in [1.29, 1.82) is 0 Å². The van der Waals surface area contributed by atoms with Gasteiger partial charge in [0, 0.05) is 49.6 Å². The number of alkyl halides is 6. The molecule has 216 valence electrons. The molecule has 2 aliphatic rings. The summed E-state index contributed by atoms with van der Waals surface area (Å²) in [7, 11) is 0. The summed E-state index contributed by atoms with van der Waals surface area (Å²) in [6, 6.07) is 12.1. The van der Waals surface area contributed by atoms with Gasteiger partial charge >= 0.3 is 24.3 Å². The van der Waals surface area contributed by atoms with Crippen molar-refractivity contribution in [2.24, 2.45) is 5.92 Å². The van der Waals surface area contributed by atoms with Gasteiger partial charge in [-0.1, -0.05) is 29.8 Å². The van der Waals surface area contributed by atoms with Gasteiger partial charge in [-0.3, -0.25) is 9.88 Å². The predicted molar refractivity (Wildman–Crippen MR) is 125 cm³/mol. The van der Waals surface area contributed by atoms with E-state index in [1.807, 2.05) is 30.3 Å². The predicted octanol–water partition coefficient (Wildman–Crippen LogP) is 4.81. The molecule has 0 radical (unpaired) electrons. The molecule has 0 bridgehead atoms. The van der Waals surface area contributed by atoms with Gasteiger partial charge in [0.25, 0.3) is 0 Å². The van der Waals surface area contributed by atoms with Crippen molar-refractivity contribution >= 4 is 23.5 Å². The molecular formula is C24H25ClF6N2O6. The van der Waals surface area contributed by atoms with Gasteiger partial charge in [-0.2, -0.15) is 26.3 Å². The van der Waals surface area contributed by atoms with Gasteiger partial charge in [-0.15, -0.1) is 0 Å². The Labute approximate surface area is 224 Å². The van der Waals surface area contributed by atoms with Crippen LogP contribution in [-0.2, 0) is 32.2 Å². The van der Waals surface area contributed by atoms with Crippen molar-refractivity contribution in [1.82, 2.24) is 9.88 Å². The van der Waals surface area contributed by atoms with Crippen LogP contribution >= 0.6 is 11.6 Å². The molecule has 1 aromatic heterocycles. The Morgan fingerprint density at radius 3 is 2.08 bits per heavy atom. The lowest BCUT2D eigenvalue weighted by molar-refractivity contribution is -0.193. The van der Waals surface area contributed by atoms with Crippen LogP contribution in [0.4, 0.5) is 26.3 Å². The fraction of sp³-hybridized carbons (Fsp3) is 0.458. The van der Waals surface area contributed by atoms with Crippen LogP contribution in [0.3, 0.4) is 0 Å². The molecule has 2 aromatic rings. The molecule has 8 nitrogen and oxygen atoms in total. The number of aliphatic carboxylic acids is 2. The first-order valence-electron chi connectivity index (χ1n) is 11.3. The maximum atomic E-state index is 10.6. The summed E-state index contributed by atoms with van der Waals surface area (Å²) >= 11 is 6.27. The molecule has 1 spiro atoms. The summed E-state index contributed by atoms with van der Waals surface area (Å²) in [4.78, 5) is 24.2. The van der Waals surface area contributed by atoms with Crippen molar-refractivity contribution in [2.45, 2.75) is 37.5 Å². The highest BCUT2D eigenvalue weighted by Gasteiger charge is 2.52. The second kappa shape index (κ2) is 13.9. The number of nitrogens with zero attached hydrogens (tertiary/aromatic N) is 2. The number of carboxylic acid groups (broad SMARTS) is 2. The highest BCUT2D eigenvalue weighted by Crippen LogP contribution is 2.41. The van der Waals surface area contributed by atoms with E-state index in [4.69, 9.17) is 40.9 Å². The number of hydrogen-bond donors (Lipinski definition) is 2. The Kier molecular flexibility index (Phi) is 11.5. The fourth-order valence-corrected chi connectivity index (χ4v) is 4.05. The number of benzene rings is 1. The summed E-state index contributed by atoms with van der Waals surface area (Å²) in [5, 5.41) is 15.1. The first kappa shape index (κ1) is 32.3. The molecule has 2 aliphatic heterocycles. The number of carboxylic acids is 2. The second-order valence-electron chi connectivity index (χ2n) is 8.61. The smallest absolute Gasteiger partial charge is 0.475 e. The van der Waals surface area contributed by atoms with E-state index < -0.39 is 24.3 Å². The van der Waals surface area contributed by atoms with Gasteiger partial charge in [0.15, 0.2) is 0 Å². The van der Waals surface area contributed by atoms with Crippen LogP contribution in [-0.4, -0.2) is 76.3 Å². The number of hydrogen-bond acceptors (Lipinski definition) is 6. The van der Waals surface area contributed by atoms with Gasteiger partial charge < -0.3 is 19.7 Å². The second-order valence-corrected chi connectivity index (χ2v) is 9.02. The van der Waals surface area contributed by atoms with Crippen LogP contribution in [0, 0.1) is 5.92 Å². The maximum Gasteiger partial charge on any atom is 0.490 e. The van der Waals surface area contributed by atoms with E-state index in [9.17, 15) is 26.3 Å². The van der Waals surface area contributed by atoms with Crippen molar-refractivity contribution in [3.63, 3.8) is 0 Å². The summed E-state index contributed by atoms with van der Waals surface area (Å²) in [5.41, 5.74) is 2.32. The third-order valence-electron chi connectivity index (χ3n) is 5.76. The highest BCUT2D eigenvalue weighted by atomic mass is 35.5. The summed E-state index contributed by atoms with van der Waals surface area (Å²) < 4.78 is 75.6. The van der Waals surface area contributed by atoms with Crippen molar-refractivity contribution < 1.29 is 55.6 Å². The summed E-state index contributed by atoms with van der Waals surface area (Å²) in [5.74, 6) is -5.04. The molecule has 0 saturated carbocycles. The Morgan fingerprint density at radius 2 is 1.56 bits per heavy atom. The number of likely N-dealkylation sites (tertiary alicyclic amines) is 1. The van der Waals surface area contributed by atoms with E-state index in [0.29, 0.717) is 12.5 Å². The number of halogens is 7. The molecule has 1 atom stereocenters. The van der Waals surface area contributed by atoms with Gasteiger partial charge in [0.1, 0.15) is 0 Å². The Hall–Kier alpha value is -2.94. The van der Waals surface area contributed by atoms with Gasteiger partial charge in [0.2, 0.25) is 0 Å². The fourth-order valence-electron chi connectivity index (χ4n) is 3.86. The molecule has 1 aromatic carbocycles. The van der Waals surface area contributed by atoms with Crippen LogP contribution in [0.5, 0.6) is 0 Å². The quantitative estimate of drug-likeness (QED) is 0.464. The third-order valence-corrected chi connectivity index (χ3v) is 6.12. The normalized spacial score (nSPS) is 18.3. The van der Waals surface area contributed by atoms with Gasteiger partial charge in [-0.05, 0) is 35.7 Å². The molecule has 15 heteroatoms. The molecule has 2 N–H and O–H groups in total. The zero-order valence-electron chi connectivity index (χ0n) is 20.2. The summed E-state index contributed by atoms with van der Waals surface area (Å²) in [6.45, 7) is 5.03. The molecule has 2 fully saturated rings. The van der Waals surface area contributed by atoms with E-state index in [1.54, 1.807) is 12.4 Å². The largest absolute Gasteiger partial charge is 0.490 e. The molecule has 0 aliphatic carbocycles. The minimum Gasteiger partial charge on any atom is -0.475 e. The van der Waals surface area contributed by atoms with E-state index in [1.165, 1.54) is 5.56 Å². The molecule has 3 heterocycles. The van der Waals surface area contributed by atoms with Crippen molar-refractivity contribution in [2.75, 3.05) is 26.3 Å². The van der Waals surface area contributed by atoms with E-state index in [2.05, 4.69) is 16.0 Å². The lowest BCUT2D eigenvalue weighted by atomic mass is 9.81. The topological polar surface area (TPSA) is 109 Å². The van der Waals surface area contributed by atoms with E-state index in [-0.39, 0.29) is 5.60 Å². The van der Waals surface area contributed by atoms with Crippen molar-refractivity contribution in [3.05, 3.63) is 64.9 Å². The first-order valence-corrected chi connectivity index (χ1v) is 11.7. The Morgan fingerprint density at radius 1 is 1.03 bits per heavy atom. The standard InChI is InChI=1S/C20H23ClN2O2.2C2HF3O2/c21-19-4-2-1-3-17(19)11-23-14-20(15-23)18(7-10-25-20)13-24-12-16-5-8-22-9-6-16;2*3-2(4,5)1(6)7/h1-6,8-9,18H,7,10-15H2;2*(H,6,7). The number of carbonyl (C=O) groups is 2. The zero-order valence-corrected chi connectivity index (χ0v) is 21.0. The lowest BCUT2D eigenvalue weighted by Gasteiger charge is -2.50. The van der Waals surface area contributed by atoms with E-state index >= 15 is 0 Å². The maximum absolute atomic E-state index is 10.6. The van der Waals surface area contributed by atoms with Gasteiger partial charge in [-0.25, -0.2) is 9.59 Å². The minimum absolute atomic E-state index is 0.0283. The minimum atomic E-state index is -5.08. The average molecular weight is 587 g/mol. The van der Waals surface area contributed by atoms with E-state index in [0.717, 1.165) is 49.9 Å². The van der Waals surface area contributed by atoms with Crippen LogP contribution < -0.4 is 0 Å². The third kappa shape index (κ3) is 10.3. The Balaban J connectivity index is 0.000000317. The Bertz CT molecular complexity index is 1060. The molecule has 0 amide bonds. The monoisotopic (exact) mass is 586 g/mol. The van der Waals surface area contributed by atoms with Crippen LogP contribution in [0.1, 0.15) is 17.5 Å². The number of pyridine rings is 1. The molecule has 1 unspecified atom stereocenters. The molecule has 39 heavy (non-hydrogen) atoms. The summed E-state index contributed by atoms with van der Waals surface area (Å²) in [6.07, 6.45) is -5.48. The zero-order chi connectivity index (χ0) is 29.3. The SMILES string of the molecule is Clc1ccccc1CN1CC2(C1)OCCC2COCc1ccncc1.O=C(O)C(F)(F)F.O=C(O)C(F)(F)F. The van der Waals surface area contributed by atoms with Crippen LogP contribution in [0.15, 0.2) is 48.8 Å². The molecule has 4 rings (SSSR count). The molecular weight excluding hydrogens is 562 g/mol. The van der Waals surface area contributed by atoms with Crippen molar-refractivity contribution in [3.8, 4) is 0 Å². The average Bonchev–Trinajstić information content (AvgIpc) is 3.24. The van der Waals surface area contributed by atoms with Gasteiger partial charge in [0.05, 0.1) is 18.8 Å². The lowest BCUT2D eigenvalue weighted by Crippen LogP contribution is -2.64. The van der Waals surface area contributed by atoms with Crippen LogP contribution in [0.2, 0.25) is 5.02 Å². The number of rotatable bonds is 6. The highest BCUT2D eigenvalue weighted by molar-refractivity contribution is 6.31.